The number of thiazole rings is 1. The van der Waals surface area contributed by atoms with E-state index in [0.29, 0.717) is 60.4 Å². The summed E-state index contributed by atoms with van der Waals surface area (Å²) in [5.41, 5.74) is 1.38. The molecule has 232 valence electrons. The second kappa shape index (κ2) is 12.1. The summed E-state index contributed by atoms with van der Waals surface area (Å²) in [6, 6.07) is 11.7. The number of carbonyl (C=O) groups is 2. The van der Waals surface area contributed by atoms with Crippen LogP contribution in [0.25, 0.3) is 17.2 Å². The largest absolute Gasteiger partial charge is 0.466 e. The van der Waals surface area contributed by atoms with E-state index in [0.717, 1.165) is 17.1 Å². The third kappa shape index (κ3) is 6.09. The van der Waals surface area contributed by atoms with Gasteiger partial charge >= 0.3 is 6.18 Å². The molecule has 2 amide bonds. The number of carbonyl (C=O) groups excluding carboxylic acids is 2. The van der Waals surface area contributed by atoms with Crippen molar-refractivity contribution in [2.24, 2.45) is 5.92 Å². The molecule has 1 aliphatic carbocycles. The highest BCUT2D eigenvalue weighted by Crippen LogP contribution is 2.34. The summed E-state index contributed by atoms with van der Waals surface area (Å²) in [7, 11) is 1.53. The van der Waals surface area contributed by atoms with Gasteiger partial charge in [-0.3, -0.25) is 14.4 Å². The lowest BCUT2D eigenvalue weighted by atomic mass is 9.94. The number of nitrogens with zero attached hydrogens (tertiary/aromatic N) is 3. The Morgan fingerprint density at radius 1 is 1.07 bits per heavy atom. The molecule has 1 fully saturated rings. The van der Waals surface area contributed by atoms with Crippen LogP contribution in [0.5, 0.6) is 0 Å². The maximum absolute atomic E-state index is 13.5. The Hall–Kier alpha value is -4.51. The van der Waals surface area contributed by atoms with Crippen LogP contribution in [-0.4, -0.2) is 41.8 Å². The van der Waals surface area contributed by atoms with E-state index in [4.69, 9.17) is 4.42 Å². The molecular weight excluding hydrogens is 603 g/mol. The predicted molar refractivity (Wildman–Crippen MR) is 166 cm³/mol. The van der Waals surface area contributed by atoms with Crippen molar-refractivity contribution >= 4 is 34.9 Å². The van der Waals surface area contributed by atoms with Gasteiger partial charge in [-0.1, -0.05) is 49.4 Å². The number of rotatable bonds is 5. The molecular formula is C34H30F3N3O4S. The average molecular weight is 634 g/mol. The quantitative estimate of drug-likeness (QED) is 0.231. The molecule has 6 rings (SSSR count). The number of hydrogen-bond acceptors (Lipinski definition) is 6. The number of alkyl halides is 3. The van der Waals surface area contributed by atoms with Gasteiger partial charge in [0, 0.05) is 43.4 Å². The zero-order valence-corrected chi connectivity index (χ0v) is 25.5. The Labute approximate surface area is 261 Å². The van der Waals surface area contributed by atoms with Gasteiger partial charge in [0.1, 0.15) is 23.4 Å². The van der Waals surface area contributed by atoms with Crippen molar-refractivity contribution in [3.63, 3.8) is 0 Å². The summed E-state index contributed by atoms with van der Waals surface area (Å²) >= 11 is 1.38. The van der Waals surface area contributed by atoms with Crippen LogP contribution in [0.4, 0.5) is 18.9 Å². The third-order valence-corrected chi connectivity index (χ3v) is 9.42. The lowest BCUT2D eigenvalue weighted by molar-refractivity contribution is -0.137. The first-order valence-electron chi connectivity index (χ1n) is 14.6. The van der Waals surface area contributed by atoms with E-state index in [2.05, 4.69) is 4.98 Å². The molecule has 3 heterocycles. The summed E-state index contributed by atoms with van der Waals surface area (Å²) < 4.78 is 44.9. The van der Waals surface area contributed by atoms with E-state index in [-0.39, 0.29) is 34.6 Å². The van der Waals surface area contributed by atoms with Crippen LogP contribution in [0.3, 0.4) is 0 Å². The van der Waals surface area contributed by atoms with E-state index in [1.54, 1.807) is 40.6 Å². The van der Waals surface area contributed by atoms with Gasteiger partial charge in [0.05, 0.1) is 16.1 Å². The molecule has 0 N–H and O–H groups in total. The molecule has 0 saturated carbocycles. The SMILES string of the molecule is CC1C=Cc2c(occ(N(C)C(=O)c3csc(C4CCN(C(=O)c5ccccc5-c5ccc(C(F)(F)F)cc5)CC4)n3)c2=O)C1. The van der Waals surface area contributed by atoms with Crippen LogP contribution >= 0.6 is 11.3 Å². The number of hydrogen-bond donors (Lipinski definition) is 0. The number of fused-ring (bicyclic) bond motifs is 1. The van der Waals surface area contributed by atoms with Crippen molar-refractivity contribution in [1.29, 1.82) is 0 Å². The van der Waals surface area contributed by atoms with Crippen molar-refractivity contribution < 1.29 is 27.2 Å². The molecule has 4 aromatic rings. The minimum atomic E-state index is -4.44. The highest BCUT2D eigenvalue weighted by Gasteiger charge is 2.31. The molecule has 7 nitrogen and oxygen atoms in total. The number of allylic oxidation sites excluding steroid dienone is 1. The first-order chi connectivity index (χ1) is 21.5. The van der Waals surface area contributed by atoms with E-state index >= 15 is 0 Å². The molecule has 45 heavy (non-hydrogen) atoms. The molecule has 2 aliphatic rings. The lowest BCUT2D eigenvalue weighted by Crippen LogP contribution is -2.38. The lowest BCUT2D eigenvalue weighted by Gasteiger charge is -2.31. The van der Waals surface area contributed by atoms with Crippen molar-refractivity contribution in [3.05, 3.63) is 110 Å². The maximum Gasteiger partial charge on any atom is 0.416 e. The number of halogens is 3. The normalized spacial score (nSPS) is 16.8. The molecule has 0 bridgehead atoms. The Morgan fingerprint density at radius 3 is 2.49 bits per heavy atom. The standard InChI is InChI=1S/C34H30F3N3O4S/c1-20-7-12-26-29(17-20)44-18-28(30(26)41)39(2)33(43)27-19-45-31(38-27)22-13-15-40(16-14-22)32(42)25-6-4-3-5-24(25)21-8-10-23(11-9-21)34(35,36)37/h3-12,18-20,22H,13-17H2,1-2H3. The highest BCUT2D eigenvalue weighted by atomic mass is 32.1. The molecule has 1 saturated heterocycles. The van der Waals surface area contributed by atoms with Crippen LogP contribution < -0.4 is 10.3 Å². The average Bonchev–Trinajstić information content (AvgIpc) is 3.54. The van der Waals surface area contributed by atoms with Crippen molar-refractivity contribution in [3.8, 4) is 11.1 Å². The predicted octanol–water partition coefficient (Wildman–Crippen LogP) is 7.28. The number of aromatic nitrogens is 1. The van der Waals surface area contributed by atoms with E-state index in [9.17, 15) is 27.6 Å². The molecule has 2 aromatic carbocycles. The van der Waals surface area contributed by atoms with Crippen LogP contribution in [0.15, 0.2) is 75.5 Å². The van der Waals surface area contributed by atoms with Crippen molar-refractivity contribution in [1.82, 2.24) is 9.88 Å². The Bertz CT molecular complexity index is 1840. The fraction of sp³-hybridized carbons (Fsp3) is 0.294. The van der Waals surface area contributed by atoms with Gasteiger partial charge < -0.3 is 14.2 Å². The summed E-state index contributed by atoms with van der Waals surface area (Å²) in [5.74, 6) is 0.340. The zero-order chi connectivity index (χ0) is 31.9. The minimum absolute atomic E-state index is 0.0528. The number of amides is 2. The van der Waals surface area contributed by atoms with Gasteiger partial charge in [-0.2, -0.15) is 13.2 Å². The summed E-state index contributed by atoms with van der Waals surface area (Å²) in [6.45, 7) is 2.97. The van der Waals surface area contributed by atoms with Crippen LogP contribution in [-0.2, 0) is 12.6 Å². The Morgan fingerprint density at radius 2 is 1.78 bits per heavy atom. The molecule has 2 aromatic heterocycles. The van der Waals surface area contributed by atoms with Gasteiger partial charge in [0.15, 0.2) is 0 Å². The molecule has 1 atom stereocenters. The zero-order valence-electron chi connectivity index (χ0n) is 24.6. The van der Waals surface area contributed by atoms with Gasteiger partial charge in [-0.15, -0.1) is 11.3 Å². The Balaban J connectivity index is 1.12. The number of likely N-dealkylation sites (tertiary alicyclic amines) is 1. The molecule has 0 spiro atoms. The van der Waals surface area contributed by atoms with Gasteiger partial charge in [0.2, 0.25) is 5.43 Å². The second-order valence-electron chi connectivity index (χ2n) is 11.4. The first kappa shape index (κ1) is 30.5. The molecule has 11 heteroatoms. The Kier molecular flexibility index (Phi) is 8.22. The first-order valence-corrected chi connectivity index (χ1v) is 15.5. The second-order valence-corrected chi connectivity index (χ2v) is 12.3. The van der Waals surface area contributed by atoms with Crippen LogP contribution in [0.2, 0.25) is 0 Å². The molecule has 1 unspecified atom stereocenters. The monoisotopic (exact) mass is 633 g/mol. The summed E-state index contributed by atoms with van der Waals surface area (Å²) in [6.07, 6.45) is 2.52. The number of anilines is 1. The number of benzene rings is 2. The van der Waals surface area contributed by atoms with Crippen LogP contribution in [0, 0.1) is 5.92 Å². The molecule has 1 aliphatic heterocycles. The topological polar surface area (TPSA) is 83.7 Å². The minimum Gasteiger partial charge on any atom is -0.466 e. The van der Waals surface area contributed by atoms with E-state index in [1.807, 2.05) is 13.0 Å². The van der Waals surface area contributed by atoms with Gasteiger partial charge in [0.25, 0.3) is 11.8 Å². The van der Waals surface area contributed by atoms with Crippen LogP contribution in [0.1, 0.15) is 68.4 Å². The third-order valence-electron chi connectivity index (χ3n) is 8.41. The fourth-order valence-corrected chi connectivity index (χ4v) is 6.77. The number of piperidine rings is 1. The van der Waals surface area contributed by atoms with Gasteiger partial charge in [-0.05, 0) is 48.1 Å². The molecule has 0 radical (unpaired) electrons. The fourth-order valence-electron chi connectivity index (χ4n) is 5.80. The van der Waals surface area contributed by atoms with E-state index in [1.165, 1.54) is 41.7 Å². The smallest absolute Gasteiger partial charge is 0.416 e. The van der Waals surface area contributed by atoms with E-state index < -0.39 is 17.6 Å². The van der Waals surface area contributed by atoms with Crippen molar-refractivity contribution in [2.45, 2.75) is 38.3 Å². The highest BCUT2D eigenvalue weighted by molar-refractivity contribution is 7.10. The van der Waals surface area contributed by atoms with Gasteiger partial charge in [-0.25, -0.2) is 4.98 Å². The summed E-state index contributed by atoms with van der Waals surface area (Å²) in [5, 5.41) is 2.48. The van der Waals surface area contributed by atoms with Crippen molar-refractivity contribution in [2.75, 3.05) is 25.0 Å². The maximum atomic E-state index is 13.5. The summed E-state index contributed by atoms with van der Waals surface area (Å²) in [4.78, 5) is 47.6.